The number of carbonyl (C=O) groups excluding carboxylic acids is 2. The summed E-state index contributed by atoms with van der Waals surface area (Å²) < 4.78 is 20.8. The molecular weight excluding hydrogens is 388 g/mol. The number of amides is 2. The molecule has 3 aliphatic carbocycles. The Morgan fingerprint density at radius 1 is 1.10 bits per heavy atom. The van der Waals surface area contributed by atoms with Gasteiger partial charge in [-0.15, -0.1) is 4.72 Å². The second kappa shape index (κ2) is 7.22. The lowest BCUT2D eigenvalue weighted by Gasteiger charge is -2.16. The summed E-state index contributed by atoms with van der Waals surface area (Å²) in [6.45, 7) is 1.99. The largest absolute Gasteiger partial charge is 0.585 e. The monoisotopic (exact) mass is 412 g/mol. The average Bonchev–Trinajstić information content (AvgIpc) is 3.39. The highest BCUT2D eigenvalue weighted by molar-refractivity contribution is 7.89. The Hall–Kier alpha value is -2.25. The number of fused-ring (bicyclic) bond motifs is 3. The number of urea groups is 1. The second-order valence-electron chi connectivity index (χ2n) is 8.40. The van der Waals surface area contributed by atoms with E-state index in [1.165, 1.54) is 28.3 Å². The quantitative estimate of drug-likeness (QED) is 0.749. The third kappa shape index (κ3) is 3.36. The Morgan fingerprint density at radius 3 is 2.48 bits per heavy atom. The average molecular weight is 413 g/mol. The van der Waals surface area contributed by atoms with Crippen molar-refractivity contribution in [3.05, 3.63) is 45.7 Å². The fraction of sp³-hybridized carbons (Fsp3) is 0.455. The van der Waals surface area contributed by atoms with Crippen molar-refractivity contribution in [2.45, 2.75) is 63.4 Å². The van der Waals surface area contributed by atoms with E-state index < -0.39 is 17.4 Å². The Morgan fingerprint density at radius 2 is 1.79 bits per heavy atom. The van der Waals surface area contributed by atoms with Gasteiger partial charge in [-0.05, 0) is 66.7 Å². The molecule has 2 atom stereocenters. The number of ketones is 1. The first-order valence-corrected chi connectivity index (χ1v) is 11.5. The van der Waals surface area contributed by atoms with Gasteiger partial charge in [0.05, 0.1) is 5.56 Å². The Bertz CT molecular complexity index is 980. The molecule has 29 heavy (non-hydrogen) atoms. The molecule has 2 N–H and O–H groups in total. The van der Waals surface area contributed by atoms with E-state index in [1.807, 2.05) is 6.92 Å². The summed E-state index contributed by atoms with van der Waals surface area (Å²) in [7, 11) is 0. The number of rotatable bonds is 3. The second-order valence-corrected chi connectivity index (χ2v) is 9.54. The molecule has 0 spiro atoms. The predicted octanol–water partition coefficient (Wildman–Crippen LogP) is 3.87. The van der Waals surface area contributed by atoms with Gasteiger partial charge in [-0.2, -0.15) is 0 Å². The number of anilines is 1. The predicted molar refractivity (Wildman–Crippen MR) is 110 cm³/mol. The molecule has 3 aliphatic rings. The third-order valence-electron chi connectivity index (χ3n) is 6.23. The maximum absolute atomic E-state index is 12.7. The van der Waals surface area contributed by atoms with Gasteiger partial charge in [0.1, 0.15) is 17.1 Å². The first kappa shape index (κ1) is 18.8. The molecule has 0 bridgehead atoms. The standard InChI is InChI=1S/C22H24N2O4S/c1-12-8-18(25)17-11-20(28-19(17)9-12)29(27)24-22(26)23-21-15-6-2-4-13(15)10-14-5-3-7-16(14)21/h10-12H,2-9H2,1H3,(H2,23,24,26). The number of aryl methyl sites for hydroxylation is 2. The van der Waals surface area contributed by atoms with E-state index in [-0.39, 0.29) is 16.8 Å². The van der Waals surface area contributed by atoms with Crippen LogP contribution in [0.15, 0.2) is 21.6 Å². The lowest BCUT2D eigenvalue weighted by atomic mass is 9.89. The molecule has 2 unspecified atom stereocenters. The topological polar surface area (TPSA) is 94.4 Å². The minimum absolute atomic E-state index is 0.00520. The zero-order valence-electron chi connectivity index (χ0n) is 16.4. The molecule has 152 valence electrons. The van der Waals surface area contributed by atoms with Crippen molar-refractivity contribution in [3.8, 4) is 0 Å². The molecule has 1 heterocycles. The summed E-state index contributed by atoms with van der Waals surface area (Å²) in [6.07, 6.45) is 7.35. The van der Waals surface area contributed by atoms with Crippen LogP contribution in [0.3, 0.4) is 0 Å². The van der Waals surface area contributed by atoms with Crippen LogP contribution in [0.25, 0.3) is 0 Å². The van der Waals surface area contributed by atoms with Crippen LogP contribution >= 0.6 is 0 Å². The fourth-order valence-electron chi connectivity index (χ4n) is 4.94. The van der Waals surface area contributed by atoms with Crippen LogP contribution in [0.2, 0.25) is 0 Å². The molecule has 0 saturated carbocycles. The first-order chi connectivity index (χ1) is 14.0. The number of carbonyl (C=O) groups is 2. The molecule has 0 saturated heterocycles. The van der Waals surface area contributed by atoms with E-state index in [1.54, 1.807) is 0 Å². The van der Waals surface area contributed by atoms with Gasteiger partial charge < -0.3 is 14.3 Å². The minimum atomic E-state index is -1.86. The van der Waals surface area contributed by atoms with Gasteiger partial charge in [-0.1, -0.05) is 13.0 Å². The fourth-order valence-corrected chi connectivity index (χ4v) is 5.66. The van der Waals surface area contributed by atoms with Crippen molar-refractivity contribution in [1.82, 2.24) is 4.72 Å². The Balaban J connectivity index is 1.34. The smallest absolute Gasteiger partial charge is 0.361 e. The molecule has 1 aromatic carbocycles. The molecule has 2 aromatic rings. The summed E-state index contributed by atoms with van der Waals surface area (Å²) >= 11 is -1.86. The molecule has 5 rings (SSSR count). The first-order valence-electron chi connectivity index (χ1n) is 10.3. The van der Waals surface area contributed by atoms with Crippen LogP contribution in [0, 0.1) is 5.92 Å². The summed E-state index contributed by atoms with van der Waals surface area (Å²) in [5.41, 5.74) is 6.50. The molecule has 1 aromatic heterocycles. The lowest BCUT2D eigenvalue weighted by molar-refractivity contribution is 0.0948. The SMILES string of the molecule is CC1CC(=O)c2cc([S+]([O-])NC(=O)Nc3c4c(cc5c3CCC5)CCC4)oc2C1. The maximum Gasteiger partial charge on any atom is 0.361 e. The number of benzene rings is 1. The van der Waals surface area contributed by atoms with Gasteiger partial charge >= 0.3 is 11.1 Å². The van der Waals surface area contributed by atoms with Gasteiger partial charge in [-0.3, -0.25) is 4.79 Å². The van der Waals surface area contributed by atoms with Gasteiger partial charge in [-0.25, -0.2) is 4.79 Å². The number of hydrogen-bond donors (Lipinski definition) is 2. The summed E-state index contributed by atoms with van der Waals surface area (Å²) in [4.78, 5) is 24.8. The van der Waals surface area contributed by atoms with Crippen LogP contribution in [-0.2, 0) is 43.5 Å². The van der Waals surface area contributed by atoms with E-state index in [0.717, 1.165) is 44.2 Å². The van der Waals surface area contributed by atoms with Crippen molar-refractivity contribution in [2.75, 3.05) is 5.32 Å². The number of nitrogens with one attached hydrogen (secondary N) is 2. The molecule has 0 fully saturated rings. The van der Waals surface area contributed by atoms with Gasteiger partial charge in [0, 0.05) is 24.6 Å². The van der Waals surface area contributed by atoms with E-state index in [4.69, 9.17) is 4.42 Å². The molecule has 7 heteroatoms. The summed E-state index contributed by atoms with van der Waals surface area (Å²) in [5.74, 6) is 0.782. The van der Waals surface area contributed by atoms with E-state index >= 15 is 0 Å². The lowest BCUT2D eigenvalue weighted by Crippen LogP contribution is -2.34. The van der Waals surface area contributed by atoms with E-state index in [9.17, 15) is 14.1 Å². The highest BCUT2D eigenvalue weighted by Gasteiger charge is 2.32. The van der Waals surface area contributed by atoms with Gasteiger partial charge in [0.25, 0.3) is 0 Å². The number of furan rings is 1. The van der Waals surface area contributed by atoms with Crippen LogP contribution in [0.4, 0.5) is 10.5 Å². The van der Waals surface area contributed by atoms with Crippen LogP contribution < -0.4 is 10.0 Å². The molecular formula is C22H24N2O4S. The Kier molecular flexibility index (Phi) is 4.67. The minimum Gasteiger partial charge on any atom is -0.585 e. The molecule has 0 aliphatic heterocycles. The van der Waals surface area contributed by atoms with Crippen molar-refractivity contribution >= 4 is 28.9 Å². The van der Waals surface area contributed by atoms with Crippen LogP contribution in [0.5, 0.6) is 0 Å². The Labute approximate surface area is 172 Å². The maximum atomic E-state index is 12.7. The van der Waals surface area contributed by atoms with Crippen molar-refractivity contribution < 1.29 is 18.6 Å². The zero-order valence-corrected chi connectivity index (χ0v) is 17.2. The van der Waals surface area contributed by atoms with Crippen molar-refractivity contribution in [1.29, 1.82) is 0 Å². The van der Waals surface area contributed by atoms with Crippen LogP contribution in [-0.4, -0.2) is 16.4 Å². The zero-order chi connectivity index (χ0) is 20.1. The number of Topliss-reactive ketones (excluding diaryl/α,β-unsaturated/α-hetero) is 1. The normalized spacial score (nSPS) is 20.8. The highest BCUT2D eigenvalue weighted by Crippen LogP contribution is 2.38. The van der Waals surface area contributed by atoms with Crippen molar-refractivity contribution in [2.24, 2.45) is 5.92 Å². The van der Waals surface area contributed by atoms with E-state index in [0.29, 0.717) is 24.2 Å². The molecule has 6 nitrogen and oxygen atoms in total. The number of hydrogen-bond acceptors (Lipinski definition) is 4. The van der Waals surface area contributed by atoms with E-state index in [2.05, 4.69) is 16.1 Å². The summed E-state index contributed by atoms with van der Waals surface area (Å²) in [5, 5.41) is 3.09. The molecule has 2 amide bonds. The van der Waals surface area contributed by atoms with Crippen LogP contribution in [0.1, 0.15) is 64.6 Å². The van der Waals surface area contributed by atoms with Gasteiger partial charge in [0.15, 0.2) is 5.78 Å². The molecule has 0 radical (unpaired) electrons. The highest BCUT2D eigenvalue weighted by atomic mass is 32.2. The summed E-state index contributed by atoms with van der Waals surface area (Å²) in [6, 6.07) is 3.31. The van der Waals surface area contributed by atoms with Crippen molar-refractivity contribution in [3.63, 3.8) is 0 Å². The van der Waals surface area contributed by atoms with Gasteiger partial charge in [0.2, 0.25) is 0 Å². The third-order valence-corrected chi connectivity index (χ3v) is 7.17.